The van der Waals surface area contributed by atoms with E-state index in [1.165, 1.54) is 40.6 Å². The van der Waals surface area contributed by atoms with Crippen molar-refractivity contribution in [2.75, 3.05) is 40.3 Å². The van der Waals surface area contributed by atoms with E-state index in [4.69, 9.17) is 18.9 Å². The molecule has 0 saturated carbocycles. The Bertz CT molecular complexity index is 975. The molecule has 0 bridgehead atoms. The first-order valence-corrected chi connectivity index (χ1v) is 10.8. The summed E-state index contributed by atoms with van der Waals surface area (Å²) in [6.45, 7) is 4.19. The summed E-state index contributed by atoms with van der Waals surface area (Å²) in [4.78, 5) is 38.3. The van der Waals surface area contributed by atoms with Gasteiger partial charge in [-0.2, -0.15) is 0 Å². The molecule has 1 heterocycles. The first-order chi connectivity index (χ1) is 15.3. The molecule has 2 rings (SSSR count). The van der Waals surface area contributed by atoms with Crippen LogP contribution in [0.1, 0.15) is 55.7 Å². The number of unbranched alkanes of at least 4 members (excludes halogenated alkanes) is 1. The maximum Gasteiger partial charge on any atom is 0.341 e. The summed E-state index contributed by atoms with van der Waals surface area (Å²) in [5.41, 5.74) is 0.797. The second-order valence-electron chi connectivity index (χ2n) is 6.73. The van der Waals surface area contributed by atoms with Crippen LogP contribution in [0.2, 0.25) is 0 Å². The van der Waals surface area contributed by atoms with Crippen molar-refractivity contribution in [3.05, 3.63) is 33.7 Å². The van der Waals surface area contributed by atoms with Crippen LogP contribution in [0.15, 0.2) is 12.1 Å². The molecule has 0 aliphatic rings. The molecule has 2 N–H and O–H groups in total. The molecule has 10 heteroatoms. The molecule has 174 valence electrons. The lowest BCUT2D eigenvalue weighted by Gasteiger charge is -2.14. The van der Waals surface area contributed by atoms with E-state index in [0.717, 1.165) is 24.2 Å². The Morgan fingerprint density at radius 1 is 0.969 bits per heavy atom. The quantitative estimate of drug-likeness (QED) is 0.408. The van der Waals surface area contributed by atoms with Gasteiger partial charge in [0.1, 0.15) is 5.00 Å². The van der Waals surface area contributed by atoms with Gasteiger partial charge in [0.2, 0.25) is 5.75 Å². The van der Waals surface area contributed by atoms with E-state index in [9.17, 15) is 14.4 Å². The largest absolute Gasteiger partial charge is 0.493 e. The smallest absolute Gasteiger partial charge is 0.341 e. The molecule has 9 nitrogen and oxygen atoms in total. The number of nitrogens with one attached hydrogen (secondary N) is 2. The zero-order chi connectivity index (χ0) is 23.8. The fourth-order valence-electron chi connectivity index (χ4n) is 3.01. The number of benzene rings is 1. The number of carbonyl (C=O) groups excluding carboxylic acids is 3. The number of thiophene rings is 1. The molecule has 0 fully saturated rings. The molecular weight excluding hydrogens is 436 g/mol. The second kappa shape index (κ2) is 11.4. The number of methoxy groups -OCH3 is 4. The summed E-state index contributed by atoms with van der Waals surface area (Å²) in [5.74, 6) is -0.508. The third-order valence-corrected chi connectivity index (χ3v) is 5.92. The Morgan fingerprint density at radius 3 is 2.09 bits per heavy atom. The van der Waals surface area contributed by atoms with Crippen LogP contribution in [-0.4, -0.2) is 52.8 Å². The highest BCUT2D eigenvalue weighted by Gasteiger charge is 2.27. The molecule has 1 aromatic carbocycles. The van der Waals surface area contributed by atoms with Crippen LogP contribution in [0.3, 0.4) is 0 Å². The summed E-state index contributed by atoms with van der Waals surface area (Å²) in [5, 5.41) is 5.75. The van der Waals surface area contributed by atoms with Gasteiger partial charge < -0.3 is 29.6 Å². The standard InChI is InChI=1S/C22H28N2O7S/c1-7-8-9-23-20(26)18-12(2)16(22(27)31-6)21(32-18)24-19(25)13-10-14(28-3)17(30-5)15(11-13)29-4/h10-11H,7-9H2,1-6H3,(H,23,26)(H,24,25). The van der Waals surface area contributed by atoms with Crippen LogP contribution in [0, 0.1) is 6.92 Å². The van der Waals surface area contributed by atoms with Gasteiger partial charge in [-0.05, 0) is 31.0 Å². The van der Waals surface area contributed by atoms with Crippen molar-refractivity contribution in [2.45, 2.75) is 26.7 Å². The fourth-order valence-corrected chi connectivity index (χ4v) is 4.12. The molecule has 1 aromatic heterocycles. The van der Waals surface area contributed by atoms with Gasteiger partial charge in [-0.1, -0.05) is 13.3 Å². The molecule has 0 saturated heterocycles. The lowest BCUT2D eigenvalue weighted by molar-refractivity contribution is 0.0601. The van der Waals surface area contributed by atoms with Gasteiger partial charge in [0, 0.05) is 12.1 Å². The minimum Gasteiger partial charge on any atom is -0.493 e. The number of anilines is 1. The van der Waals surface area contributed by atoms with E-state index in [-0.39, 0.29) is 22.0 Å². The molecule has 0 unspecified atom stereocenters. The minimum atomic E-state index is -0.647. The normalized spacial score (nSPS) is 10.3. The van der Waals surface area contributed by atoms with Gasteiger partial charge in [-0.25, -0.2) is 4.79 Å². The molecule has 0 spiro atoms. The summed E-state index contributed by atoms with van der Waals surface area (Å²) < 4.78 is 20.7. The van der Waals surface area contributed by atoms with Crippen LogP contribution in [0.5, 0.6) is 17.2 Å². The monoisotopic (exact) mass is 464 g/mol. The lowest BCUT2D eigenvalue weighted by atomic mass is 10.1. The molecule has 0 atom stereocenters. The molecule has 2 aromatic rings. The van der Waals surface area contributed by atoms with E-state index in [1.54, 1.807) is 6.92 Å². The van der Waals surface area contributed by atoms with Gasteiger partial charge in [0.25, 0.3) is 11.8 Å². The first kappa shape index (κ1) is 25.0. The van der Waals surface area contributed by atoms with Gasteiger partial charge in [-0.15, -0.1) is 11.3 Å². The Hall–Kier alpha value is -3.27. The molecule has 0 aliphatic heterocycles. The Labute approximate surface area is 191 Å². The molecule has 2 amide bonds. The van der Waals surface area contributed by atoms with Crippen LogP contribution in [-0.2, 0) is 4.74 Å². The second-order valence-corrected chi connectivity index (χ2v) is 7.75. The maximum atomic E-state index is 13.0. The zero-order valence-electron chi connectivity index (χ0n) is 19.0. The summed E-state index contributed by atoms with van der Waals surface area (Å²) in [7, 11) is 5.59. The summed E-state index contributed by atoms with van der Waals surface area (Å²) in [6.07, 6.45) is 1.78. The highest BCUT2D eigenvalue weighted by Crippen LogP contribution is 2.39. The highest BCUT2D eigenvalue weighted by molar-refractivity contribution is 7.18. The van der Waals surface area contributed by atoms with Crippen molar-refractivity contribution in [2.24, 2.45) is 0 Å². The van der Waals surface area contributed by atoms with E-state index < -0.39 is 11.9 Å². The maximum absolute atomic E-state index is 13.0. The molecule has 0 aliphatic carbocycles. The molecular formula is C22H28N2O7S. The Kier molecular flexibility index (Phi) is 8.89. The first-order valence-electron chi connectivity index (χ1n) is 9.94. The topological polar surface area (TPSA) is 112 Å². The van der Waals surface area contributed by atoms with Crippen molar-refractivity contribution < 1.29 is 33.3 Å². The zero-order valence-corrected chi connectivity index (χ0v) is 19.9. The summed E-state index contributed by atoms with van der Waals surface area (Å²) in [6, 6.07) is 2.99. The lowest BCUT2D eigenvalue weighted by Crippen LogP contribution is -2.24. The van der Waals surface area contributed by atoms with E-state index in [1.807, 2.05) is 6.92 Å². The van der Waals surface area contributed by atoms with Crippen LogP contribution in [0.25, 0.3) is 0 Å². The van der Waals surface area contributed by atoms with E-state index in [2.05, 4.69) is 10.6 Å². The third kappa shape index (κ3) is 5.31. The number of carbonyl (C=O) groups is 3. The van der Waals surface area contributed by atoms with Crippen molar-refractivity contribution in [1.29, 1.82) is 0 Å². The van der Waals surface area contributed by atoms with Gasteiger partial charge in [0.15, 0.2) is 11.5 Å². The fraction of sp³-hybridized carbons (Fsp3) is 0.409. The number of hydrogen-bond donors (Lipinski definition) is 2. The van der Waals surface area contributed by atoms with Crippen molar-refractivity contribution >= 4 is 34.1 Å². The SMILES string of the molecule is CCCCNC(=O)c1sc(NC(=O)c2cc(OC)c(OC)c(OC)c2)c(C(=O)OC)c1C. The molecule has 0 radical (unpaired) electrons. The van der Waals surface area contributed by atoms with Gasteiger partial charge >= 0.3 is 5.97 Å². The van der Waals surface area contributed by atoms with E-state index in [0.29, 0.717) is 34.2 Å². The Balaban J connectivity index is 2.43. The predicted molar refractivity (Wildman–Crippen MR) is 122 cm³/mol. The van der Waals surface area contributed by atoms with Crippen LogP contribution in [0.4, 0.5) is 5.00 Å². The Morgan fingerprint density at radius 2 is 1.59 bits per heavy atom. The predicted octanol–water partition coefficient (Wildman–Crippen LogP) is 3.65. The van der Waals surface area contributed by atoms with Crippen LogP contribution >= 0.6 is 11.3 Å². The van der Waals surface area contributed by atoms with E-state index >= 15 is 0 Å². The number of hydrogen-bond acceptors (Lipinski definition) is 8. The van der Waals surface area contributed by atoms with Crippen molar-refractivity contribution in [3.63, 3.8) is 0 Å². The van der Waals surface area contributed by atoms with Crippen molar-refractivity contribution in [3.8, 4) is 17.2 Å². The average Bonchev–Trinajstić information content (AvgIpc) is 3.12. The van der Waals surface area contributed by atoms with Crippen molar-refractivity contribution in [1.82, 2.24) is 5.32 Å². The summed E-state index contributed by atoms with van der Waals surface area (Å²) >= 11 is 1.01. The highest BCUT2D eigenvalue weighted by atomic mass is 32.1. The van der Waals surface area contributed by atoms with Gasteiger partial charge in [-0.3, -0.25) is 9.59 Å². The number of ether oxygens (including phenoxy) is 4. The number of amides is 2. The third-order valence-electron chi connectivity index (χ3n) is 4.71. The van der Waals surface area contributed by atoms with Crippen LogP contribution < -0.4 is 24.8 Å². The van der Waals surface area contributed by atoms with Gasteiger partial charge in [0.05, 0.1) is 38.9 Å². The number of rotatable bonds is 10. The average molecular weight is 465 g/mol. The number of esters is 1. The molecule has 32 heavy (non-hydrogen) atoms. The minimum absolute atomic E-state index is 0.138.